The van der Waals surface area contributed by atoms with Crippen LogP contribution in [0.4, 0.5) is 0 Å². The van der Waals surface area contributed by atoms with E-state index >= 15 is 0 Å². The molecule has 2 rings (SSSR count). The molecule has 1 heterocycles. The van der Waals surface area contributed by atoms with E-state index < -0.39 is 5.54 Å². The first-order valence-corrected chi connectivity index (χ1v) is 7.08. The molecule has 106 valence electrons. The minimum Gasteiger partial charge on any atom is -0.377 e. The van der Waals surface area contributed by atoms with E-state index in [0.29, 0.717) is 13.0 Å². The summed E-state index contributed by atoms with van der Waals surface area (Å²) in [6.07, 6.45) is 8.74. The molecule has 0 radical (unpaired) electrons. The number of nitrogens with two attached hydrogens (primary N) is 1. The maximum atomic E-state index is 12.4. The minimum atomic E-state index is -0.811. The van der Waals surface area contributed by atoms with Gasteiger partial charge in [0, 0.05) is 30.9 Å². The van der Waals surface area contributed by atoms with Crippen LogP contribution in [0.1, 0.15) is 39.5 Å². The van der Waals surface area contributed by atoms with E-state index in [1.54, 1.807) is 0 Å². The Balaban J connectivity index is 2.00. The number of hydrogen-bond donors (Lipinski definition) is 2. The standard InChI is InChI=1S/C15H24N2O2/c1-4-5-6-9-17-13(18)15(16)11-8-7-10-19-12(11)14(15,2)3/h1,11-12H,5-10,16H2,2-3H3,(H,17,18). The molecule has 4 nitrogen and oxygen atoms in total. The summed E-state index contributed by atoms with van der Waals surface area (Å²) in [5.41, 5.74) is 5.34. The Kier molecular flexibility index (Phi) is 3.89. The van der Waals surface area contributed by atoms with Gasteiger partial charge in [-0.25, -0.2) is 0 Å². The van der Waals surface area contributed by atoms with Gasteiger partial charge in [-0.05, 0) is 19.3 Å². The van der Waals surface area contributed by atoms with Crippen molar-refractivity contribution in [3.05, 3.63) is 0 Å². The zero-order valence-corrected chi connectivity index (χ0v) is 11.9. The Labute approximate surface area is 115 Å². The van der Waals surface area contributed by atoms with Crippen molar-refractivity contribution in [2.45, 2.75) is 51.2 Å². The van der Waals surface area contributed by atoms with Crippen LogP contribution in [0, 0.1) is 23.7 Å². The van der Waals surface area contributed by atoms with Gasteiger partial charge in [-0.3, -0.25) is 4.79 Å². The second-order valence-electron chi connectivity index (χ2n) is 6.19. The van der Waals surface area contributed by atoms with Crippen molar-refractivity contribution in [1.82, 2.24) is 5.32 Å². The van der Waals surface area contributed by atoms with Crippen LogP contribution in [0.15, 0.2) is 0 Å². The van der Waals surface area contributed by atoms with Crippen LogP contribution in [0.3, 0.4) is 0 Å². The van der Waals surface area contributed by atoms with Crippen molar-refractivity contribution in [2.24, 2.45) is 17.1 Å². The van der Waals surface area contributed by atoms with Crippen LogP contribution in [0.5, 0.6) is 0 Å². The maximum absolute atomic E-state index is 12.4. The molecule has 3 atom stereocenters. The average Bonchev–Trinajstić information content (AvgIpc) is 2.42. The number of terminal acetylenes is 1. The molecule has 2 aliphatic rings. The normalized spacial score (nSPS) is 35.7. The van der Waals surface area contributed by atoms with Gasteiger partial charge in [0.15, 0.2) is 0 Å². The largest absolute Gasteiger partial charge is 0.377 e. The highest BCUT2D eigenvalue weighted by Gasteiger charge is 2.70. The number of fused-ring (bicyclic) bond motifs is 1. The van der Waals surface area contributed by atoms with Gasteiger partial charge in [0.25, 0.3) is 0 Å². The molecule has 1 saturated carbocycles. The van der Waals surface area contributed by atoms with E-state index in [1.165, 1.54) is 0 Å². The lowest BCUT2D eigenvalue weighted by Gasteiger charge is -2.65. The van der Waals surface area contributed by atoms with Crippen molar-refractivity contribution < 1.29 is 9.53 Å². The molecule has 0 spiro atoms. The molecule has 3 N–H and O–H groups in total. The quantitative estimate of drug-likeness (QED) is 0.589. The van der Waals surface area contributed by atoms with E-state index in [9.17, 15) is 4.79 Å². The summed E-state index contributed by atoms with van der Waals surface area (Å²) in [5, 5.41) is 2.93. The van der Waals surface area contributed by atoms with Crippen LogP contribution < -0.4 is 11.1 Å². The van der Waals surface area contributed by atoms with Gasteiger partial charge in [0.05, 0.1) is 6.10 Å². The number of amides is 1. The van der Waals surface area contributed by atoms with Crippen molar-refractivity contribution in [3.8, 4) is 12.3 Å². The Morgan fingerprint density at radius 2 is 2.32 bits per heavy atom. The summed E-state index contributed by atoms with van der Waals surface area (Å²) < 4.78 is 5.79. The molecule has 0 bridgehead atoms. The molecule has 0 aromatic rings. The van der Waals surface area contributed by atoms with Gasteiger partial charge in [-0.1, -0.05) is 13.8 Å². The third kappa shape index (κ3) is 2.05. The van der Waals surface area contributed by atoms with Crippen molar-refractivity contribution in [2.75, 3.05) is 13.2 Å². The predicted octanol–water partition coefficient (Wildman–Crippen LogP) is 1.05. The van der Waals surface area contributed by atoms with E-state index in [0.717, 1.165) is 25.9 Å². The Hall–Kier alpha value is -1.05. The van der Waals surface area contributed by atoms with Gasteiger partial charge in [-0.15, -0.1) is 12.3 Å². The third-order valence-electron chi connectivity index (χ3n) is 4.84. The number of ether oxygens (including phenoxy) is 1. The summed E-state index contributed by atoms with van der Waals surface area (Å²) in [5.74, 6) is 2.66. The maximum Gasteiger partial charge on any atom is 0.241 e. The zero-order valence-electron chi connectivity index (χ0n) is 11.9. The molecular weight excluding hydrogens is 240 g/mol. The summed E-state index contributed by atoms with van der Waals surface area (Å²) in [6, 6.07) is 0. The molecule has 3 unspecified atom stereocenters. The van der Waals surface area contributed by atoms with E-state index in [1.807, 2.05) is 13.8 Å². The molecule has 19 heavy (non-hydrogen) atoms. The monoisotopic (exact) mass is 264 g/mol. The smallest absolute Gasteiger partial charge is 0.241 e. The molecule has 1 aliphatic heterocycles. The summed E-state index contributed by atoms with van der Waals surface area (Å²) in [6.45, 7) is 5.43. The lowest BCUT2D eigenvalue weighted by Crippen LogP contribution is -2.82. The summed E-state index contributed by atoms with van der Waals surface area (Å²) in [4.78, 5) is 12.4. The highest BCUT2D eigenvalue weighted by molar-refractivity contribution is 5.89. The first-order chi connectivity index (χ1) is 8.96. The Morgan fingerprint density at radius 1 is 1.58 bits per heavy atom. The topological polar surface area (TPSA) is 64.4 Å². The van der Waals surface area contributed by atoms with Crippen molar-refractivity contribution in [3.63, 3.8) is 0 Å². The number of hydrogen-bond acceptors (Lipinski definition) is 3. The predicted molar refractivity (Wildman–Crippen MR) is 74.2 cm³/mol. The lowest BCUT2D eigenvalue weighted by molar-refractivity contribution is -0.225. The number of rotatable bonds is 4. The van der Waals surface area contributed by atoms with Gasteiger partial charge in [-0.2, -0.15) is 0 Å². The van der Waals surface area contributed by atoms with Crippen LogP contribution in [-0.4, -0.2) is 30.7 Å². The highest BCUT2D eigenvalue weighted by atomic mass is 16.5. The molecule has 0 aromatic heterocycles. The first kappa shape index (κ1) is 14.4. The zero-order chi connectivity index (χ0) is 14.1. The molecular formula is C15H24N2O2. The molecule has 1 saturated heterocycles. The van der Waals surface area contributed by atoms with Gasteiger partial charge >= 0.3 is 0 Å². The second-order valence-corrected chi connectivity index (χ2v) is 6.19. The van der Waals surface area contributed by atoms with Crippen LogP contribution >= 0.6 is 0 Å². The number of carbonyl (C=O) groups excluding carboxylic acids is 1. The second kappa shape index (κ2) is 5.15. The number of carbonyl (C=O) groups is 1. The summed E-state index contributed by atoms with van der Waals surface area (Å²) in [7, 11) is 0. The Bertz CT molecular complexity index is 399. The Morgan fingerprint density at radius 3 is 3.00 bits per heavy atom. The van der Waals surface area contributed by atoms with Gasteiger partial charge < -0.3 is 15.8 Å². The molecule has 1 amide bonds. The van der Waals surface area contributed by atoms with Gasteiger partial charge in [0.2, 0.25) is 5.91 Å². The van der Waals surface area contributed by atoms with E-state index in [4.69, 9.17) is 16.9 Å². The molecule has 1 aliphatic carbocycles. The third-order valence-corrected chi connectivity index (χ3v) is 4.84. The minimum absolute atomic E-state index is 0.0544. The lowest BCUT2D eigenvalue weighted by atomic mass is 9.46. The fraction of sp³-hybridized carbons (Fsp3) is 0.800. The average molecular weight is 264 g/mol. The fourth-order valence-electron chi connectivity index (χ4n) is 3.58. The van der Waals surface area contributed by atoms with Crippen molar-refractivity contribution in [1.29, 1.82) is 0 Å². The molecule has 0 aromatic carbocycles. The summed E-state index contributed by atoms with van der Waals surface area (Å²) >= 11 is 0. The first-order valence-electron chi connectivity index (χ1n) is 7.08. The van der Waals surface area contributed by atoms with E-state index in [-0.39, 0.29) is 23.3 Å². The SMILES string of the molecule is C#CCCCNC(=O)C1(N)C2CCCOC2C1(C)C. The number of unbranched alkanes of at least 4 members (excludes halogenated alkanes) is 1. The van der Waals surface area contributed by atoms with Gasteiger partial charge in [0.1, 0.15) is 5.54 Å². The van der Waals surface area contributed by atoms with Crippen LogP contribution in [0.25, 0.3) is 0 Å². The van der Waals surface area contributed by atoms with Crippen LogP contribution in [-0.2, 0) is 9.53 Å². The molecule has 2 fully saturated rings. The highest BCUT2D eigenvalue weighted by Crippen LogP contribution is 2.57. The van der Waals surface area contributed by atoms with E-state index in [2.05, 4.69) is 11.2 Å². The van der Waals surface area contributed by atoms with Crippen molar-refractivity contribution >= 4 is 5.91 Å². The van der Waals surface area contributed by atoms with Crippen LogP contribution in [0.2, 0.25) is 0 Å². The fourth-order valence-corrected chi connectivity index (χ4v) is 3.58. The number of nitrogens with one attached hydrogen (secondary N) is 1. The molecule has 4 heteroatoms.